The molecule has 6 nitrogen and oxygen atoms in total. The van der Waals surface area contributed by atoms with Gasteiger partial charge in [0, 0.05) is 0 Å². The molecule has 1 aromatic rings. The second kappa shape index (κ2) is 15.7. The Balaban J connectivity index is 2.05. The van der Waals surface area contributed by atoms with E-state index in [1.54, 1.807) is 18.2 Å². The van der Waals surface area contributed by atoms with Gasteiger partial charge in [0.05, 0.1) is 12.2 Å². The Morgan fingerprint density at radius 3 is 2.03 bits per heavy atom. The Bertz CT molecular complexity index is 626. The van der Waals surface area contributed by atoms with E-state index in [2.05, 4.69) is 6.92 Å². The Hall–Kier alpha value is -2.21. The zero-order chi connectivity index (χ0) is 21.3. The van der Waals surface area contributed by atoms with E-state index in [9.17, 15) is 14.4 Å². The van der Waals surface area contributed by atoms with Crippen molar-refractivity contribution in [2.24, 2.45) is 0 Å². The van der Waals surface area contributed by atoms with Crippen molar-refractivity contribution in [3.8, 4) is 5.75 Å². The molecule has 0 radical (unpaired) electrons. The summed E-state index contributed by atoms with van der Waals surface area (Å²) in [5, 5.41) is 0. The molecule has 0 saturated heterocycles. The predicted molar refractivity (Wildman–Crippen MR) is 111 cm³/mol. The monoisotopic (exact) mass is 406 g/mol. The van der Waals surface area contributed by atoms with Crippen molar-refractivity contribution in [1.29, 1.82) is 0 Å². The van der Waals surface area contributed by atoms with Gasteiger partial charge in [0.2, 0.25) is 0 Å². The number of hydrogen-bond acceptors (Lipinski definition) is 6. The molecule has 0 saturated carbocycles. The molecule has 0 unspecified atom stereocenters. The fraction of sp³-hybridized carbons (Fsp3) is 0.609. The zero-order valence-electron chi connectivity index (χ0n) is 17.7. The number of carbonyl (C=O) groups excluding carboxylic acids is 3. The van der Waals surface area contributed by atoms with Gasteiger partial charge in [0.1, 0.15) is 19.0 Å². The molecule has 1 aromatic carbocycles. The average Bonchev–Trinajstić information content (AvgIpc) is 2.69. The Kier molecular flexibility index (Phi) is 13.4. The fourth-order valence-corrected chi connectivity index (χ4v) is 2.86. The lowest BCUT2D eigenvalue weighted by molar-refractivity contribution is -0.152. The van der Waals surface area contributed by atoms with Gasteiger partial charge >= 0.3 is 11.9 Å². The van der Waals surface area contributed by atoms with Crippen LogP contribution in [0.5, 0.6) is 5.75 Å². The maximum absolute atomic E-state index is 11.8. The first-order chi connectivity index (χ1) is 14.0. The van der Waals surface area contributed by atoms with E-state index in [1.165, 1.54) is 51.5 Å². The maximum Gasteiger partial charge on any atom is 0.337 e. The lowest BCUT2D eigenvalue weighted by atomic mass is 10.1. The van der Waals surface area contributed by atoms with Crippen molar-refractivity contribution < 1.29 is 28.6 Å². The molecule has 0 atom stereocenters. The van der Waals surface area contributed by atoms with E-state index in [-0.39, 0.29) is 24.7 Å². The summed E-state index contributed by atoms with van der Waals surface area (Å²) in [6.45, 7) is 3.29. The summed E-state index contributed by atoms with van der Waals surface area (Å²) in [4.78, 5) is 34.9. The predicted octanol–water partition coefficient (Wildman–Crippen LogP) is 4.89. The number of benzene rings is 1. The highest BCUT2D eigenvalue weighted by atomic mass is 16.6. The molecular weight excluding hydrogens is 372 g/mol. The quantitative estimate of drug-likeness (QED) is 0.168. The molecule has 0 aliphatic heterocycles. The van der Waals surface area contributed by atoms with E-state index in [4.69, 9.17) is 14.2 Å². The number of para-hydroxylation sites is 1. The molecular formula is C23H34O6. The van der Waals surface area contributed by atoms with Gasteiger partial charge in [-0.25, -0.2) is 9.59 Å². The lowest BCUT2D eigenvalue weighted by Gasteiger charge is -2.08. The SMILES string of the molecule is CCCCCCCCCCCOC(=O)COCC(=O)Oc1ccccc1C(C)=O. The molecule has 0 fully saturated rings. The molecule has 0 bridgehead atoms. The maximum atomic E-state index is 11.8. The molecule has 6 heteroatoms. The molecule has 0 aromatic heterocycles. The summed E-state index contributed by atoms with van der Waals surface area (Å²) in [6.07, 6.45) is 10.8. The normalized spacial score (nSPS) is 10.6. The van der Waals surface area contributed by atoms with E-state index in [1.807, 2.05) is 0 Å². The highest BCUT2D eigenvalue weighted by Crippen LogP contribution is 2.18. The van der Waals surface area contributed by atoms with E-state index in [0.29, 0.717) is 12.2 Å². The van der Waals surface area contributed by atoms with Gasteiger partial charge in [-0.3, -0.25) is 4.79 Å². The Morgan fingerprint density at radius 1 is 0.793 bits per heavy atom. The number of esters is 2. The van der Waals surface area contributed by atoms with Crippen LogP contribution in [0.4, 0.5) is 0 Å². The minimum absolute atomic E-state index is 0.182. The molecule has 29 heavy (non-hydrogen) atoms. The summed E-state index contributed by atoms with van der Waals surface area (Å²) in [5.74, 6) is -1.19. The van der Waals surface area contributed by atoms with Crippen molar-refractivity contribution in [3.63, 3.8) is 0 Å². The highest BCUT2D eigenvalue weighted by Gasteiger charge is 2.13. The number of Topliss-reactive ketones (excluding diaryl/α,β-unsaturated/α-hetero) is 1. The molecule has 0 amide bonds. The van der Waals surface area contributed by atoms with E-state index < -0.39 is 11.9 Å². The second-order valence-corrected chi connectivity index (χ2v) is 7.07. The smallest absolute Gasteiger partial charge is 0.337 e. The molecule has 0 N–H and O–H groups in total. The number of ketones is 1. The van der Waals surface area contributed by atoms with E-state index >= 15 is 0 Å². The van der Waals surface area contributed by atoms with Crippen LogP contribution in [0, 0.1) is 0 Å². The molecule has 0 aliphatic carbocycles. The second-order valence-electron chi connectivity index (χ2n) is 7.07. The summed E-state index contributed by atoms with van der Waals surface area (Å²) < 4.78 is 15.2. The van der Waals surface area contributed by atoms with Crippen LogP contribution < -0.4 is 4.74 Å². The van der Waals surface area contributed by atoms with Crippen molar-refractivity contribution >= 4 is 17.7 Å². The van der Waals surface area contributed by atoms with Crippen molar-refractivity contribution in [2.75, 3.05) is 19.8 Å². The van der Waals surface area contributed by atoms with Crippen molar-refractivity contribution in [2.45, 2.75) is 71.6 Å². The van der Waals surface area contributed by atoms with Crippen molar-refractivity contribution in [3.05, 3.63) is 29.8 Å². The summed E-state index contributed by atoms with van der Waals surface area (Å²) in [5.41, 5.74) is 0.321. The standard InChI is InChI=1S/C23H34O6/c1-3-4-5-6-7-8-9-10-13-16-28-22(25)17-27-18-23(26)29-21-15-12-11-14-20(21)19(2)24/h11-12,14-15H,3-10,13,16-18H2,1-2H3. The average molecular weight is 407 g/mol. The van der Waals surface area contributed by atoms with Gasteiger partial charge in [-0.2, -0.15) is 0 Å². The third-order valence-corrected chi connectivity index (χ3v) is 4.44. The molecule has 0 aliphatic rings. The van der Waals surface area contributed by atoms with Gasteiger partial charge in [-0.05, 0) is 25.5 Å². The highest BCUT2D eigenvalue weighted by molar-refractivity contribution is 5.97. The number of rotatable bonds is 16. The van der Waals surface area contributed by atoms with Gasteiger partial charge in [0.25, 0.3) is 0 Å². The minimum Gasteiger partial charge on any atom is -0.464 e. The van der Waals surface area contributed by atoms with E-state index in [0.717, 1.165) is 19.3 Å². The number of unbranched alkanes of at least 4 members (excludes halogenated alkanes) is 8. The first-order valence-corrected chi connectivity index (χ1v) is 10.6. The molecule has 1 rings (SSSR count). The van der Waals surface area contributed by atoms with Crippen LogP contribution in [0.15, 0.2) is 24.3 Å². The van der Waals surface area contributed by atoms with Crippen LogP contribution in [-0.2, 0) is 19.1 Å². The Labute approximate surface area is 173 Å². The first-order valence-electron chi connectivity index (χ1n) is 10.6. The van der Waals surface area contributed by atoms with Crippen LogP contribution in [-0.4, -0.2) is 37.5 Å². The third-order valence-electron chi connectivity index (χ3n) is 4.44. The van der Waals surface area contributed by atoms with Crippen molar-refractivity contribution in [1.82, 2.24) is 0 Å². The van der Waals surface area contributed by atoms with Crippen LogP contribution in [0.25, 0.3) is 0 Å². The molecule has 0 spiro atoms. The zero-order valence-corrected chi connectivity index (χ0v) is 17.7. The first kappa shape index (κ1) is 24.8. The van der Waals surface area contributed by atoms with Crippen LogP contribution in [0.2, 0.25) is 0 Å². The number of hydrogen-bond donors (Lipinski definition) is 0. The van der Waals surface area contributed by atoms with Gasteiger partial charge < -0.3 is 14.2 Å². The van der Waals surface area contributed by atoms with Crippen LogP contribution in [0.3, 0.4) is 0 Å². The number of ether oxygens (including phenoxy) is 3. The lowest BCUT2D eigenvalue weighted by Crippen LogP contribution is -2.21. The van der Waals surface area contributed by atoms with Gasteiger partial charge in [-0.15, -0.1) is 0 Å². The summed E-state index contributed by atoms with van der Waals surface area (Å²) in [6, 6.07) is 6.47. The fourth-order valence-electron chi connectivity index (χ4n) is 2.86. The Morgan fingerprint density at radius 2 is 1.38 bits per heavy atom. The largest absolute Gasteiger partial charge is 0.464 e. The molecule has 162 valence electrons. The molecule has 0 heterocycles. The topological polar surface area (TPSA) is 78.9 Å². The number of carbonyl (C=O) groups is 3. The summed E-state index contributed by atoms with van der Waals surface area (Å²) >= 11 is 0. The van der Waals surface area contributed by atoms with Gasteiger partial charge in [-0.1, -0.05) is 70.4 Å². The minimum atomic E-state index is -0.676. The third kappa shape index (κ3) is 12.1. The van der Waals surface area contributed by atoms with Gasteiger partial charge in [0.15, 0.2) is 5.78 Å². The van der Waals surface area contributed by atoms with Crippen LogP contribution in [0.1, 0.15) is 82.0 Å². The summed E-state index contributed by atoms with van der Waals surface area (Å²) in [7, 11) is 0. The van der Waals surface area contributed by atoms with Crippen LogP contribution >= 0.6 is 0 Å².